The molecule has 1 heterocycles. The Morgan fingerprint density at radius 3 is 2.46 bits per heavy atom. The maximum atomic E-state index is 12.7. The van der Waals surface area contributed by atoms with Gasteiger partial charge < -0.3 is 5.32 Å². The molecule has 0 saturated carbocycles. The van der Waals surface area contributed by atoms with Gasteiger partial charge in [-0.05, 0) is 49.7 Å². The van der Waals surface area contributed by atoms with Crippen LogP contribution in [0.3, 0.4) is 0 Å². The zero-order valence-corrected chi connectivity index (χ0v) is 14.7. The molecule has 24 heavy (non-hydrogen) atoms. The molecule has 1 aromatic heterocycles. The minimum Gasteiger partial charge on any atom is -0.322 e. The van der Waals surface area contributed by atoms with Gasteiger partial charge in [0.2, 0.25) is 0 Å². The predicted octanol–water partition coefficient (Wildman–Crippen LogP) is 5.05. The number of rotatable bonds is 3. The number of aryl methyl sites for hydroxylation is 2. The van der Waals surface area contributed by atoms with Crippen LogP contribution in [0.2, 0.25) is 10.2 Å². The van der Waals surface area contributed by atoms with E-state index in [2.05, 4.69) is 10.4 Å². The molecule has 1 amide bonds. The second-order valence-corrected chi connectivity index (χ2v) is 6.21. The smallest absolute Gasteiger partial charge is 0.260 e. The normalized spacial score (nSPS) is 10.7. The third-order valence-electron chi connectivity index (χ3n) is 3.67. The maximum absolute atomic E-state index is 12.7. The van der Waals surface area contributed by atoms with Crippen molar-refractivity contribution >= 4 is 34.8 Å². The lowest BCUT2D eigenvalue weighted by molar-refractivity contribution is 0.102. The van der Waals surface area contributed by atoms with Crippen LogP contribution in [0.1, 0.15) is 21.6 Å². The standard InChI is InChI=1S/C18H15Cl2N3O/c1-11-10-13(19)8-9-15(11)21-18(24)16-12(2)22-23(17(16)20)14-6-4-3-5-7-14/h3-10H,1-2H3,(H,21,24). The number of benzene rings is 2. The lowest BCUT2D eigenvalue weighted by Gasteiger charge is -2.09. The molecule has 3 rings (SSSR count). The first-order valence-electron chi connectivity index (χ1n) is 7.35. The molecule has 0 atom stereocenters. The van der Waals surface area contributed by atoms with Crippen LogP contribution in [0.25, 0.3) is 5.69 Å². The van der Waals surface area contributed by atoms with Gasteiger partial charge in [0.15, 0.2) is 0 Å². The van der Waals surface area contributed by atoms with Crippen molar-refractivity contribution in [2.24, 2.45) is 0 Å². The van der Waals surface area contributed by atoms with Gasteiger partial charge in [-0.3, -0.25) is 4.79 Å². The molecule has 4 nitrogen and oxygen atoms in total. The van der Waals surface area contributed by atoms with Gasteiger partial charge in [-0.2, -0.15) is 5.10 Å². The highest BCUT2D eigenvalue weighted by Gasteiger charge is 2.21. The van der Waals surface area contributed by atoms with E-state index in [1.54, 1.807) is 29.8 Å². The van der Waals surface area contributed by atoms with Crippen LogP contribution in [0.15, 0.2) is 48.5 Å². The van der Waals surface area contributed by atoms with Crippen LogP contribution in [-0.2, 0) is 0 Å². The Morgan fingerprint density at radius 2 is 1.79 bits per heavy atom. The van der Waals surface area contributed by atoms with E-state index in [0.29, 0.717) is 22.0 Å². The van der Waals surface area contributed by atoms with Crippen LogP contribution in [-0.4, -0.2) is 15.7 Å². The summed E-state index contributed by atoms with van der Waals surface area (Å²) in [5, 5.41) is 8.15. The van der Waals surface area contributed by atoms with Crippen molar-refractivity contribution < 1.29 is 4.79 Å². The summed E-state index contributed by atoms with van der Waals surface area (Å²) in [6.07, 6.45) is 0. The first-order valence-corrected chi connectivity index (χ1v) is 8.11. The van der Waals surface area contributed by atoms with Crippen LogP contribution >= 0.6 is 23.2 Å². The van der Waals surface area contributed by atoms with Crippen molar-refractivity contribution in [1.29, 1.82) is 0 Å². The summed E-state index contributed by atoms with van der Waals surface area (Å²) in [4.78, 5) is 12.7. The number of hydrogen-bond donors (Lipinski definition) is 1. The van der Waals surface area contributed by atoms with Crippen molar-refractivity contribution in [3.63, 3.8) is 0 Å². The Kier molecular flexibility index (Phi) is 4.60. The van der Waals surface area contributed by atoms with Crippen LogP contribution < -0.4 is 5.32 Å². The van der Waals surface area contributed by atoms with Crippen molar-refractivity contribution in [3.8, 4) is 5.69 Å². The summed E-state index contributed by atoms with van der Waals surface area (Å²) in [5.41, 5.74) is 3.28. The van der Waals surface area contributed by atoms with Crippen molar-refractivity contribution in [2.75, 3.05) is 5.32 Å². The first-order chi connectivity index (χ1) is 11.5. The summed E-state index contributed by atoms with van der Waals surface area (Å²) >= 11 is 12.4. The van der Waals surface area contributed by atoms with E-state index in [9.17, 15) is 4.79 Å². The molecule has 0 bridgehead atoms. The molecule has 0 unspecified atom stereocenters. The third kappa shape index (κ3) is 3.16. The second-order valence-electron chi connectivity index (χ2n) is 5.41. The average molecular weight is 360 g/mol. The van der Waals surface area contributed by atoms with E-state index in [-0.39, 0.29) is 11.1 Å². The van der Waals surface area contributed by atoms with Gasteiger partial charge in [-0.1, -0.05) is 41.4 Å². The Bertz CT molecular complexity index is 904. The van der Waals surface area contributed by atoms with E-state index in [0.717, 1.165) is 11.3 Å². The fourth-order valence-electron chi connectivity index (χ4n) is 2.45. The molecule has 0 saturated heterocycles. The van der Waals surface area contributed by atoms with Crippen molar-refractivity contribution in [2.45, 2.75) is 13.8 Å². The van der Waals surface area contributed by atoms with E-state index >= 15 is 0 Å². The highest BCUT2D eigenvalue weighted by molar-refractivity contribution is 6.34. The number of amides is 1. The number of nitrogens with zero attached hydrogens (tertiary/aromatic N) is 2. The van der Waals surface area contributed by atoms with Gasteiger partial charge in [-0.25, -0.2) is 4.68 Å². The summed E-state index contributed by atoms with van der Waals surface area (Å²) in [5.74, 6) is -0.301. The highest BCUT2D eigenvalue weighted by Crippen LogP contribution is 2.26. The topological polar surface area (TPSA) is 46.9 Å². The van der Waals surface area contributed by atoms with Gasteiger partial charge in [0, 0.05) is 10.7 Å². The fourth-order valence-corrected chi connectivity index (χ4v) is 3.03. The number of halogens is 2. The van der Waals surface area contributed by atoms with E-state index in [4.69, 9.17) is 23.2 Å². The quantitative estimate of drug-likeness (QED) is 0.711. The van der Waals surface area contributed by atoms with E-state index in [1.807, 2.05) is 37.3 Å². The molecule has 2 aromatic carbocycles. The van der Waals surface area contributed by atoms with Gasteiger partial charge in [0.25, 0.3) is 5.91 Å². The Balaban J connectivity index is 1.95. The summed E-state index contributed by atoms with van der Waals surface area (Å²) in [6, 6.07) is 14.7. The summed E-state index contributed by atoms with van der Waals surface area (Å²) in [7, 11) is 0. The number of hydrogen-bond acceptors (Lipinski definition) is 2. The van der Waals surface area contributed by atoms with Crippen LogP contribution in [0.4, 0.5) is 5.69 Å². The molecule has 6 heteroatoms. The molecule has 0 spiro atoms. The van der Waals surface area contributed by atoms with Crippen molar-refractivity contribution in [1.82, 2.24) is 9.78 Å². The molecule has 0 aliphatic rings. The number of carbonyl (C=O) groups excluding carboxylic acids is 1. The average Bonchev–Trinajstić information content (AvgIpc) is 2.85. The van der Waals surface area contributed by atoms with Crippen molar-refractivity contribution in [3.05, 3.63) is 75.5 Å². The molecular formula is C18H15Cl2N3O. The number of anilines is 1. The summed E-state index contributed by atoms with van der Waals surface area (Å²) in [6.45, 7) is 3.64. The maximum Gasteiger partial charge on any atom is 0.260 e. The number of para-hydroxylation sites is 1. The number of nitrogens with one attached hydrogen (secondary N) is 1. The monoisotopic (exact) mass is 359 g/mol. The number of carbonyl (C=O) groups is 1. The first kappa shape index (κ1) is 16.6. The molecular weight excluding hydrogens is 345 g/mol. The Morgan fingerprint density at radius 1 is 1.08 bits per heavy atom. The SMILES string of the molecule is Cc1cc(Cl)ccc1NC(=O)c1c(C)nn(-c2ccccc2)c1Cl. The fraction of sp³-hybridized carbons (Fsp3) is 0.111. The minimum absolute atomic E-state index is 0.280. The highest BCUT2D eigenvalue weighted by atomic mass is 35.5. The Hall–Kier alpha value is -2.30. The zero-order valence-electron chi connectivity index (χ0n) is 13.2. The van der Waals surface area contributed by atoms with Gasteiger partial charge in [-0.15, -0.1) is 0 Å². The molecule has 0 aliphatic heterocycles. The number of aromatic nitrogens is 2. The largest absolute Gasteiger partial charge is 0.322 e. The van der Waals surface area contributed by atoms with Crippen LogP contribution in [0.5, 0.6) is 0 Å². The molecule has 122 valence electrons. The van der Waals surface area contributed by atoms with Gasteiger partial charge >= 0.3 is 0 Å². The third-order valence-corrected chi connectivity index (χ3v) is 4.25. The predicted molar refractivity (Wildman–Crippen MR) is 97.5 cm³/mol. The second kappa shape index (κ2) is 6.67. The van der Waals surface area contributed by atoms with Gasteiger partial charge in [0.1, 0.15) is 10.7 Å². The minimum atomic E-state index is -0.301. The van der Waals surface area contributed by atoms with Gasteiger partial charge in [0.05, 0.1) is 11.4 Å². The lowest BCUT2D eigenvalue weighted by Crippen LogP contribution is -2.14. The van der Waals surface area contributed by atoms with Crippen LogP contribution in [0, 0.1) is 13.8 Å². The van der Waals surface area contributed by atoms with E-state index in [1.165, 1.54) is 0 Å². The molecule has 0 radical (unpaired) electrons. The lowest BCUT2D eigenvalue weighted by atomic mass is 10.2. The van der Waals surface area contributed by atoms with E-state index < -0.39 is 0 Å². The molecule has 1 N–H and O–H groups in total. The molecule has 0 fully saturated rings. The Labute approximate surface area is 150 Å². The molecule has 3 aromatic rings. The zero-order chi connectivity index (χ0) is 17.3. The summed E-state index contributed by atoms with van der Waals surface area (Å²) < 4.78 is 1.56. The molecule has 0 aliphatic carbocycles.